The molecule has 2 amide bonds. The number of nitrogens with zero attached hydrogens (tertiary/aromatic N) is 3. The number of piperidine rings is 2. The molecule has 5 rings (SSSR count). The summed E-state index contributed by atoms with van der Waals surface area (Å²) in [6.45, 7) is 2.74. The van der Waals surface area contributed by atoms with Gasteiger partial charge in [-0.15, -0.1) is 0 Å². The summed E-state index contributed by atoms with van der Waals surface area (Å²) in [5, 5.41) is 0. The fourth-order valence-electron chi connectivity index (χ4n) is 4.85. The molecule has 2 aliphatic rings. The summed E-state index contributed by atoms with van der Waals surface area (Å²) >= 11 is 0. The highest BCUT2D eigenvalue weighted by molar-refractivity contribution is 5.92. The molecule has 0 bridgehead atoms. The molecule has 0 unspecified atom stereocenters. The minimum absolute atomic E-state index is 0.00743. The second-order valence-corrected chi connectivity index (χ2v) is 8.96. The predicted molar refractivity (Wildman–Crippen MR) is 127 cm³/mol. The van der Waals surface area contributed by atoms with Crippen LogP contribution in [0.15, 0.2) is 65.1 Å². The maximum Gasteiger partial charge on any atom is 0.246 e. The Kier molecular flexibility index (Phi) is 6.24. The summed E-state index contributed by atoms with van der Waals surface area (Å²) < 4.78 is 5.94. The summed E-state index contributed by atoms with van der Waals surface area (Å²) in [6.07, 6.45) is 6.69. The number of oxazole rings is 1. The Labute approximate surface area is 193 Å². The molecule has 170 valence electrons. The maximum atomic E-state index is 13.1. The van der Waals surface area contributed by atoms with Gasteiger partial charge in [-0.2, -0.15) is 0 Å². The van der Waals surface area contributed by atoms with E-state index in [-0.39, 0.29) is 23.7 Å². The number of rotatable bonds is 4. The number of amides is 2. The van der Waals surface area contributed by atoms with Gasteiger partial charge < -0.3 is 14.2 Å². The predicted octanol–water partition coefficient (Wildman–Crippen LogP) is 4.49. The second-order valence-electron chi connectivity index (χ2n) is 8.96. The molecule has 1 aromatic heterocycles. The van der Waals surface area contributed by atoms with Crippen molar-refractivity contribution in [3.63, 3.8) is 0 Å². The van der Waals surface area contributed by atoms with Gasteiger partial charge in [-0.3, -0.25) is 9.59 Å². The lowest BCUT2D eigenvalue weighted by atomic mass is 9.92. The third-order valence-electron chi connectivity index (χ3n) is 6.84. The molecule has 0 N–H and O–H groups in total. The number of hydrogen-bond acceptors (Lipinski definition) is 4. The van der Waals surface area contributed by atoms with Gasteiger partial charge in [0.2, 0.25) is 11.8 Å². The van der Waals surface area contributed by atoms with Gasteiger partial charge in [0, 0.05) is 44.1 Å². The van der Waals surface area contributed by atoms with Gasteiger partial charge in [0.25, 0.3) is 0 Å². The van der Waals surface area contributed by atoms with E-state index in [1.54, 1.807) is 6.08 Å². The number of aromatic nitrogens is 1. The van der Waals surface area contributed by atoms with Gasteiger partial charge >= 0.3 is 0 Å². The fourth-order valence-corrected chi connectivity index (χ4v) is 4.85. The van der Waals surface area contributed by atoms with Crippen molar-refractivity contribution in [2.24, 2.45) is 5.92 Å². The van der Waals surface area contributed by atoms with E-state index in [0.717, 1.165) is 61.3 Å². The van der Waals surface area contributed by atoms with Crippen molar-refractivity contribution in [1.82, 2.24) is 14.8 Å². The van der Waals surface area contributed by atoms with E-state index < -0.39 is 0 Å². The average molecular weight is 444 g/mol. The third-order valence-corrected chi connectivity index (χ3v) is 6.84. The van der Waals surface area contributed by atoms with Crippen LogP contribution >= 0.6 is 0 Å². The van der Waals surface area contributed by atoms with Crippen molar-refractivity contribution in [3.8, 4) is 0 Å². The van der Waals surface area contributed by atoms with Crippen molar-refractivity contribution in [2.45, 2.75) is 31.6 Å². The van der Waals surface area contributed by atoms with Crippen molar-refractivity contribution >= 4 is 29.0 Å². The van der Waals surface area contributed by atoms with E-state index in [1.807, 2.05) is 70.5 Å². The van der Waals surface area contributed by atoms with E-state index in [2.05, 4.69) is 4.98 Å². The maximum absolute atomic E-state index is 13.1. The van der Waals surface area contributed by atoms with Crippen molar-refractivity contribution in [1.29, 1.82) is 0 Å². The molecule has 3 aromatic rings. The van der Waals surface area contributed by atoms with E-state index in [1.165, 1.54) is 0 Å². The van der Waals surface area contributed by atoms with Crippen LogP contribution in [-0.2, 0) is 9.59 Å². The number of para-hydroxylation sites is 2. The van der Waals surface area contributed by atoms with Crippen molar-refractivity contribution in [3.05, 3.63) is 72.1 Å². The number of likely N-dealkylation sites (tertiary alicyclic amines) is 2. The molecule has 2 fully saturated rings. The molecule has 0 atom stereocenters. The van der Waals surface area contributed by atoms with Gasteiger partial charge in [0.05, 0.1) is 0 Å². The van der Waals surface area contributed by atoms with Crippen LogP contribution in [0.1, 0.15) is 43.1 Å². The summed E-state index contributed by atoms with van der Waals surface area (Å²) in [4.78, 5) is 34.1. The second kappa shape index (κ2) is 9.61. The molecule has 0 saturated carbocycles. The lowest BCUT2D eigenvalue weighted by Crippen LogP contribution is -2.46. The molecular formula is C27H29N3O3. The Bertz CT molecular complexity index is 1100. The third kappa shape index (κ3) is 4.85. The molecule has 0 spiro atoms. The number of carbonyl (C=O) groups is 2. The Balaban J connectivity index is 1.10. The van der Waals surface area contributed by atoms with E-state index in [0.29, 0.717) is 13.1 Å². The normalized spacial score (nSPS) is 18.3. The highest BCUT2D eigenvalue weighted by Gasteiger charge is 2.33. The molecule has 3 heterocycles. The van der Waals surface area contributed by atoms with Crippen LogP contribution in [0.3, 0.4) is 0 Å². The number of carbonyl (C=O) groups excluding carboxylic acids is 2. The molecule has 0 radical (unpaired) electrons. The first-order valence-corrected chi connectivity index (χ1v) is 11.8. The zero-order valence-corrected chi connectivity index (χ0v) is 18.7. The van der Waals surface area contributed by atoms with Crippen LogP contribution < -0.4 is 0 Å². The Morgan fingerprint density at radius 1 is 0.848 bits per heavy atom. The summed E-state index contributed by atoms with van der Waals surface area (Å²) in [6, 6.07) is 17.7. The first-order chi connectivity index (χ1) is 16.2. The Hall–Kier alpha value is -3.41. The lowest BCUT2D eigenvalue weighted by Gasteiger charge is -2.36. The van der Waals surface area contributed by atoms with E-state index in [9.17, 15) is 9.59 Å². The fraction of sp³-hybridized carbons (Fsp3) is 0.370. The first kappa shape index (κ1) is 21.4. The van der Waals surface area contributed by atoms with Crippen LogP contribution in [0, 0.1) is 5.92 Å². The molecule has 6 heteroatoms. The van der Waals surface area contributed by atoms with Crippen LogP contribution in [0.4, 0.5) is 0 Å². The van der Waals surface area contributed by atoms with Crippen LogP contribution in [0.25, 0.3) is 17.2 Å². The number of benzene rings is 2. The number of hydrogen-bond donors (Lipinski definition) is 0. The molecule has 6 nitrogen and oxygen atoms in total. The number of fused-ring (bicyclic) bond motifs is 1. The molecular weight excluding hydrogens is 414 g/mol. The van der Waals surface area contributed by atoms with Gasteiger partial charge in [0.15, 0.2) is 11.5 Å². The van der Waals surface area contributed by atoms with Crippen LogP contribution in [0.5, 0.6) is 0 Å². The minimum atomic E-state index is 0.00743. The molecule has 33 heavy (non-hydrogen) atoms. The molecule has 0 aliphatic carbocycles. The smallest absolute Gasteiger partial charge is 0.246 e. The molecule has 2 aromatic carbocycles. The molecule has 2 aliphatic heterocycles. The highest BCUT2D eigenvalue weighted by Crippen LogP contribution is 2.31. The monoisotopic (exact) mass is 443 g/mol. The SMILES string of the molecule is O=C(/C=C/c1ccccc1)N1CCC(C(=O)N2CCC(c3nc4ccccc4o3)CC2)CC1. The summed E-state index contributed by atoms with van der Waals surface area (Å²) in [5.41, 5.74) is 2.73. The standard InChI is InChI=1S/C27H29N3O3/c31-25(11-10-20-6-2-1-3-7-20)29-16-14-22(15-17-29)27(32)30-18-12-21(13-19-30)26-28-23-8-4-5-9-24(23)33-26/h1-11,21-22H,12-19H2/b11-10+. The average Bonchev–Trinajstić information content (AvgIpc) is 3.32. The zero-order chi connectivity index (χ0) is 22.6. The minimum Gasteiger partial charge on any atom is -0.440 e. The van der Waals surface area contributed by atoms with E-state index >= 15 is 0 Å². The largest absolute Gasteiger partial charge is 0.440 e. The summed E-state index contributed by atoms with van der Waals surface area (Å²) in [7, 11) is 0. The van der Waals surface area contributed by atoms with Gasteiger partial charge in [-0.1, -0.05) is 42.5 Å². The molecule has 2 saturated heterocycles. The van der Waals surface area contributed by atoms with Gasteiger partial charge in [-0.05, 0) is 49.5 Å². The summed E-state index contributed by atoms with van der Waals surface area (Å²) in [5.74, 6) is 1.31. The lowest BCUT2D eigenvalue weighted by molar-refractivity contribution is -0.140. The van der Waals surface area contributed by atoms with Crippen LogP contribution in [-0.4, -0.2) is 52.8 Å². The first-order valence-electron chi connectivity index (χ1n) is 11.8. The zero-order valence-electron chi connectivity index (χ0n) is 18.7. The van der Waals surface area contributed by atoms with Gasteiger partial charge in [0.1, 0.15) is 5.52 Å². The Morgan fingerprint density at radius 3 is 2.24 bits per heavy atom. The quantitative estimate of drug-likeness (QED) is 0.558. The Morgan fingerprint density at radius 2 is 1.52 bits per heavy atom. The highest BCUT2D eigenvalue weighted by atomic mass is 16.3. The van der Waals surface area contributed by atoms with Crippen LogP contribution in [0.2, 0.25) is 0 Å². The van der Waals surface area contributed by atoms with E-state index in [4.69, 9.17) is 4.42 Å². The van der Waals surface area contributed by atoms with Crippen molar-refractivity contribution in [2.75, 3.05) is 26.2 Å². The van der Waals surface area contributed by atoms with Gasteiger partial charge in [-0.25, -0.2) is 4.98 Å². The van der Waals surface area contributed by atoms with Crippen molar-refractivity contribution < 1.29 is 14.0 Å². The topological polar surface area (TPSA) is 66.7 Å².